The number of ether oxygens (including phenoxy) is 2. The molecule has 5 nitrogen and oxygen atoms in total. The molecule has 0 aromatic heterocycles. The van der Waals surface area contributed by atoms with E-state index in [1.807, 2.05) is 6.92 Å². The van der Waals surface area contributed by atoms with Gasteiger partial charge in [0.1, 0.15) is 0 Å². The Kier molecular flexibility index (Phi) is 8.37. The number of hydrogen-bond donors (Lipinski definition) is 1. The van der Waals surface area contributed by atoms with Crippen molar-refractivity contribution in [3.63, 3.8) is 0 Å². The molecule has 0 rings (SSSR count). The normalized spacial score (nSPS) is 10.5. The summed E-state index contributed by atoms with van der Waals surface area (Å²) in [4.78, 5) is 20.9. The summed E-state index contributed by atoms with van der Waals surface area (Å²) in [6.45, 7) is 3.50. The maximum absolute atomic E-state index is 10.8. The number of esters is 1. The fourth-order valence-corrected chi connectivity index (χ4v) is 0.768. The number of carboxylic acid groups (broad SMARTS) is 1. The zero-order valence-corrected chi connectivity index (χ0v) is 8.77. The Bertz CT molecular complexity index is 222. The lowest BCUT2D eigenvalue weighted by Crippen LogP contribution is -2.06. The second-order valence-electron chi connectivity index (χ2n) is 2.80. The number of carbonyl (C=O) groups is 2. The van der Waals surface area contributed by atoms with E-state index in [9.17, 15) is 9.59 Å². The minimum Gasteiger partial charge on any atom is -0.478 e. The SMILES string of the molecule is CCCOCCCOC(=O)/C=C/C(=O)O. The first-order valence-electron chi connectivity index (χ1n) is 4.82. The third-order valence-corrected chi connectivity index (χ3v) is 1.39. The van der Waals surface area contributed by atoms with E-state index in [2.05, 4.69) is 0 Å². The second-order valence-corrected chi connectivity index (χ2v) is 2.80. The van der Waals surface area contributed by atoms with E-state index in [4.69, 9.17) is 14.6 Å². The van der Waals surface area contributed by atoms with E-state index in [-0.39, 0.29) is 6.61 Å². The molecule has 15 heavy (non-hydrogen) atoms. The van der Waals surface area contributed by atoms with Gasteiger partial charge in [0.25, 0.3) is 0 Å². The van der Waals surface area contributed by atoms with Crippen molar-refractivity contribution >= 4 is 11.9 Å². The van der Waals surface area contributed by atoms with Crippen LogP contribution in [-0.2, 0) is 19.1 Å². The van der Waals surface area contributed by atoms with Gasteiger partial charge in [0.05, 0.1) is 6.61 Å². The molecule has 0 fully saturated rings. The van der Waals surface area contributed by atoms with Gasteiger partial charge in [-0.2, -0.15) is 0 Å². The van der Waals surface area contributed by atoms with Gasteiger partial charge in [-0.05, 0) is 6.42 Å². The van der Waals surface area contributed by atoms with E-state index >= 15 is 0 Å². The van der Waals surface area contributed by atoms with Gasteiger partial charge < -0.3 is 14.6 Å². The van der Waals surface area contributed by atoms with Gasteiger partial charge in [0, 0.05) is 31.8 Å². The molecule has 86 valence electrons. The number of aliphatic carboxylic acids is 1. The van der Waals surface area contributed by atoms with Crippen molar-refractivity contribution in [3.05, 3.63) is 12.2 Å². The van der Waals surface area contributed by atoms with Crippen LogP contribution in [0.25, 0.3) is 0 Å². The Balaban J connectivity index is 3.35. The van der Waals surface area contributed by atoms with Crippen LogP contribution in [0.5, 0.6) is 0 Å². The maximum Gasteiger partial charge on any atom is 0.331 e. The average Bonchev–Trinajstić information content (AvgIpc) is 2.20. The molecular weight excluding hydrogens is 200 g/mol. The van der Waals surface area contributed by atoms with Crippen molar-refractivity contribution in [2.45, 2.75) is 19.8 Å². The molecule has 0 radical (unpaired) electrons. The maximum atomic E-state index is 10.8. The molecule has 0 saturated carbocycles. The Hall–Kier alpha value is -1.36. The predicted molar refractivity (Wildman–Crippen MR) is 53.5 cm³/mol. The molecule has 0 unspecified atom stereocenters. The van der Waals surface area contributed by atoms with Crippen LogP contribution in [0.3, 0.4) is 0 Å². The summed E-state index contributed by atoms with van der Waals surface area (Å²) in [5.74, 6) is -1.81. The highest BCUT2D eigenvalue weighted by atomic mass is 16.5. The van der Waals surface area contributed by atoms with Gasteiger partial charge in [0.15, 0.2) is 0 Å². The van der Waals surface area contributed by atoms with Gasteiger partial charge in [0.2, 0.25) is 0 Å². The summed E-state index contributed by atoms with van der Waals surface area (Å²) in [5.41, 5.74) is 0. The Morgan fingerprint density at radius 2 is 1.93 bits per heavy atom. The number of rotatable bonds is 8. The highest BCUT2D eigenvalue weighted by Gasteiger charge is 1.97. The third kappa shape index (κ3) is 10.6. The molecule has 0 amide bonds. The van der Waals surface area contributed by atoms with Gasteiger partial charge in [-0.25, -0.2) is 9.59 Å². The van der Waals surface area contributed by atoms with Crippen LogP contribution in [0.2, 0.25) is 0 Å². The molecule has 5 heteroatoms. The molecule has 0 heterocycles. The quantitative estimate of drug-likeness (QED) is 0.372. The van der Waals surface area contributed by atoms with Crippen molar-refractivity contribution in [3.8, 4) is 0 Å². The molecule has 0 aromatic rings. The van der Waals surface area contributed by atoms with Crippen LogP contribution in [0.4, 0.5) is 0 Å². The van der Waals surface area contributed by atoms with Crippen LogP contribution in [0.15, 0.2) is 12.2 Å². The molecule has 0 atom stereocenters. The Morgan fingerprint density at radius 1 is 1.20 bits per heavy atom. The van der Waals surface area contributed by atoms with Gasteiger partial charge in [-0.15, -0.1) is 0 Å². The molecule has 0 aliphatic rings. The van der Waals surface area contributed by atoms with E-state index < -0.39 is 11.9 Å². The molecule has 0 saturated heterocycles. The van der Waals surface area contributed by atoms with E-state index in [1.54, 1.807) is 0 Å². The first-order valence-corrected chi connectivity index (χ1v) is 4.82. The zero-order chi connectivity index (χ0) is 11.5. The standard InChI is InChI=1S/C10H16O5/c1-2-6-14-7-3-8-15-10(13)5-4-9(11)12/h4-5H,2-3,6-8H2,1H3,(H,11,12)/b5-4+. The predicted octanol–water partition coefficient (Wildman–Crippen LogP) is 0.987. The number of hydrogen-bond acceptors (Lipinski definition) is 4. The van der Waals surface area contributed by atoms with Crippen molar-refractivity contribution in [1.29, 1.82) is 0 Å². The largest absolute Gasteiger partial charge is 0.478 e. The van der Waals surface area contributed by atoms with Crippen LogP contribution in [0, 0.1) is 0 Å². The van der Waals surface area contributed by atoms with E-state index in [0.29, 0.717) is 19.6 Å². The third-order valence-electron chi connectivity index (χ3n) is 1.39. The molecule has 1 N–H and O–H groups in total. The summed E-state index contributed by atoms with van der Waals surface area (Å²) < 4.78 is 9.86. The fourth-order valence-electron chi connectivity index (χ4n) is 0.768. The number of carbonyl (C=O) groups excluding carboxylic acids is 1. The molecule has 0 aromatic carbocycles. The van der Waals surface area contributed by atoms with E-state index in [1.165, 1.54) is 0 Å². The van der Waals surface area contributed by atoms with Crippen molar-refractivity contribution in [1.82, 2.24) is 0 Å². The minimum absolute atomic E-state index is 0.243. The molecule has 0 spiro atoms. The lowest BCUT2D eigenvalue weighted by Gasteiger charge is -2.02. The zero-order valence-electron chi connectivity index (χ0n) is 8.77. The van der Waals surface area contributed by atoms with Crippen molar-refractivity contribution < 1.29 is 24.2 Å². The molecule has 0 aliphatic heterocycles. The smallest absolute Gasteiger partial charge is 0.331 e. The highest BCUT2D eigenvalue weighted by Crippen LogP contribution is 1.89. The van der Waals surface area contributed by atoms with Crippen LogP contribution < -0.4 is 0 Å². The lowest BCUT2D eigenvalue weighted by molar-refractivity contribution is -0.139. The van der Waals surface area contributed by atoms with Crippen LogP contribution in [-0.4, -0.2) is 36.9 Å². The van der Waals surface area contributed by atoms with Gasteiger partial charge in [-0.1, -0.05) is 6.92 Å². The number of carboxylic acids is 1. The summed E-state index contributed by atoms with van der Waals surface area (Å²) in [6.07, 6.45) is 3.21. The highest BCUT2D eigenvalue weighted by molar-refractivity contribution is 5.90. The summed E-state index contributed by atoms with van der Waals surface area (Å²) >= 11 is 0. The summed E-state index contributed by atoms with van der Waals surface area (Å²) in [5, 5.41) is 8.22. The topological polar surface area (TPSA) is 72.8 Å². The minimum atomic E-state index is -1.17. The molecule has 0 aliphatic carbocycles. The summed E-state index contributed by atoms with van der Waals surface area (Å²) in [6, 6.07) is 0. The monoisotopic (exact) mass is 216 g/mol. The van der Waals surface area contributed by atoms with Gasteiger partial charge in [-0.3, -0.25) is 0 Å². The lowest BCUT2D eigenvalue weighted by atomic mass is 10.4. The average molecular weight is 216 g/mol. The Morgan fingerprint density at radius 3 is 2.53 bits per heavy atom. The van der Waals surface area contributed by atoms with Crippen LogP contribution >= 0.6 is 0 Å². The first kappa shape index (κ1) is 13.6. The molecule has 0 bridgehead atoms. The fraction of sp³-hybridized carbons (Fsp3) is 0.600. The summed E-state index contributed by atoms with van der Waals surface area (Å²) in [7, 11) is 0. The second kappa shape index (κ2) is 9.21. The van der Waals surface area contributed by atoms with E-state index in [0.717, 1.165) is 18.6 Å². The first-order chi connectivity index (χ1) is 7.16. The van der Waals surface area contributed by atoms with Gasteiger partial charge >= 0.3 is 11.9 Å². The van der Waals surface area contributed by atoms with Crippen molar-refractivity contribution in [2.75, 3.05) is 19.8 Å². The van der Waals surface area contributed by atoms with Crippen molar-refractivity contribution in [2.24, 2.45) is 0 Å². The Labute approximate surface area is 88.7 Å². The molecular formula is C10H16O5. The van der Waals surface area contributed by atoms with Crippen LogP contribution in [0.1, 0.15) is 19.8 Å².